The molecule has 0 amide bonds. The average Bonchev–Trinajstić information content (AvgIpc) is 2.92. The number of aromatic nitrogens is 3. The van der Waals surface area contributed by atoms with E-state index in [1.807, 2.05) is 6.92 Å². The van der Waals surface area contributed by atoms with Gasteiger partial charge in [0, 0.05) is 0 Å². The van der Waals surface area contributed by atoms with Crippen molar-refractivity contribution in [2.45, 2.75) is 19.5 Å². The second-order valence-corrected chi connectivity index (χ2v) is 5.05. The lowest BCUT2D eigenvalue weighted by atomic mass is 10.2. The molecule has 6 nitrogen and oxygen atoms in total. The van der Waals surface area contributed by atoms with Crippen LogP contribution in [0.1, 0.15) is 24.7 Å². The molecule has 1 aromatic carbocycles. The Balaban J connectivity index is 2.30. The fourth-order valence-corrected chi connectivity index (χ4v) is 1.98. The molecular formula is C14H15F3N4O2S. The second-order valence-electron chi connectivity index (χ2n) is 4.67. The van der Waals surface area contributed by atoms with Gasteiger partial charge >= 0.3 is 6.18 Å². The summed E-state index contributed by atoms with van der Waals surface area (Å²) in [5, 5.41) is 8.96. The summed E-state index contributed by atoms with van der Waals surface area (Å²) < 4.78 is 49.4. The van der Waals surface area contributed by atoms with Gasteiger partial charge in [-0.2, -0.15) is 22.9 Å². The number of nitrogens with zero attached hydrogens (tertiary/aromatic N) is 3. The Morgan fingerprint density at radius 2 is 2.12 bits per heavy atom. The monoisotopic (exact) mass is 360 g/mol. The van der Waals surface area contributed by atoms with Crippen LogP contribution >= 0.6 is 12.2 Å². The molecule has 2 rings (SSSR count). The molecule has 1 heterocycles. The minimum atomic E-state index is -4.67. The molecule has 0 spiro atoms. The van der Waals surface area contributed by atoms with Crippen LogP contribution in [0.15, 0.2) is 23.3 Å². The van der Waals surface area contributed by atoms with Crippen LogP contribution < -0.4 is 9.47 Å². The van der Waals surface area contributed by atoms with Crippen molar-refractivity contribution in [3.05, 3.63) is 34.4 Å². The van der Waals surface area contributed by atoms with Crippen LogP contribution in [0.3, 0.4) is 0 Å². The molecule has 0 aliphatic heterocycles. The molecule has 0 saturated carbocycles. The Morgan fingerprint density at radius 3 is 2.75 bits per heavy atom. The normalized spacial score (nSPS) is 11.9. The highest BCUT2D eigenvalue weighted by atomic mass is 32.1. The molecule has 24 heavy (non-hydrogen) atoms. The lowest BCUT2D eigenvalue weighted by molar-refractivity contribution is -0.147. The van der Waals surface area contributed by atoms with Gasteiger partial charge < -0.3 is 9.47 Å². The SMILES string of the molecule is CCCOc1ccc(/C=N\n2c(C(F)(F)F)n[nH]c2=S)cc1OC. The number of benzene rings is 1. The van der Waals surface area contributed by atoms with E-state index in [1.165, 1.54) is 13.3 Å². The molecule has 1 N–H and O–H groups in total. The zero-order valence-electron chi connectivity index (χ0n) is 12.9. The predicted molar refractivity (Wildman–Crippen MR) is 84.2 cm³/mol. The van der Waals surface area contributed by atoms with Gasteiger partial charge in [-0.05, 0) is 42.4 Å². The summed E-state index contributed by atoms with van der Waals surface area (Å²) >= 11 is 4.76. The molecule has 0 radical (unpaired) electrons. The molecule has 0 aliphatic rings. The van der Waals surface area contributed by atoms with E-state index < -0.39 is 12.0 Å². The van der Waals surface area contributed by atoms with Gasteiger partial charge in [-0.25, -0.2) is 5.10 Å². The van der Waals surface area contributed by atoms with E-state index in [1.54, 1.807) is 18.2 Å². The molecule has 0 unspecified atom stereocenters. The first-order valence-electron chi connectivity index (χ1n) is 6.96. The van der Waals surface area contributed by atoms with Gasteiger partial charge in [0.15, 0.2) is 11.5 Å². The van der Waals surface area contributed by atoms with Gasteiger partial charge in [-0.15, -0.1) is 5.10 Å². The number of H-pyrrole nitrogens is 1. The summed E-state index contributed by atoms with van der Waals surface area (Å²) in [4.78, 5) is 0. The zero-order valence-corrected chi connectivity index (χ0v) is 13.7. The summed E-state index contributed by atoms with van der Waals surface area (Å²) in [6.07, 6.45) is -2.60. The first kappa shape index (κ1) is 18.0. The number of ether oxygens (including phenoxy) is 2. The van der Waals surface area contributed by atoms with Crippen LogP contribution in [-0.2, 0) is 6.18 Å². The van der Waals surface area contributed by atoms with Gasteiger partial charge in [0.1, 0.15) is 0 Å². The van der Waals surface area contributed by atoms with Crippen LogP contribution in [0, 0.1) is 4.77 Å². The highest BCUT2D eigenvalue weighted by Gasteiger charge is 2.37. The van der Waals surface area contributed by atoms with E-state index in [-0.39, 0.29) is 4.77 Å². The van der Waals surface area contributed by atoms with Gasteiger partial charge in [-0.3, -0.25) is 0 Å². The summed E-state index contributed by atoms with van der Waals surface area (Å²) in [5.74, 6) is -0.217. The molecule has 10 heteroatoms. The summed E-state index contributed by atoms with van der Waals surface area (Å²) in [5.41, 5.74) is 0.520. The van der Waals surface area contributed by atoms with E-state index in [2.05, 4.69) is 15.3 Å². The second kappa shape index (κ2) is 7.47. The third-order valence-corrected chi connectivity index (χ3v) is 3.14. The molecule has 0 bridgehead atoms. The zero-order chi connectivity index (χ0) is 17.7. The fraction of sp³-hybridized carbons (Fsp3) is 0.357. The first-order valence-corrected chi connectivity index (χ1v) is 7.37. The first-order chi connectivity index (χ1) is 11.4. The van der Waals surface area contributed by atoms with E-state index >= 15 is 0 Å². The standard InChI is InChI=1S/C14H15F3N4O2S/c1-3-6-23-10-5-4-9(7-11(10)22-2)8-18-21-12(14(15,16)17)19-20-13(21)24/h4-5,7-8H,3,6H2,1-2H3,(H,20,24)/b18-8-. The third-order valence-electron chi connectivity index (χ3n) is 2.88. The largest absolute Gasteiger partial charge is 0.493 e. The van der Waals surface area contributed by atoms with E-state index in [0.29, 0.717) is 28.3 Å². The van der Waals surface area contributed by atoms with Crippen LogP contribution in [0.2, 0.25) is 0 Å². The van der Waals surface area contributed by atoms with Crippen molar-refractivity contribution >= 4 is 18.4 Å². The Kier molecular flexibility index (Phi) is 5.60. The summed E-state index contributed by atoms with van der Waals surface area (Å²) in [6.45, 7) is 2.50. The van der Waals surface area contributed by atoms with Crippen molar-refractivity contribution in [3.8, 4) is 11.5 Å². The fourth-order valence-electron chi connectivity index (χ4n) is 1.80. The van der Waals surface area contributed by atoms with Crippen molar-refractivity contribution in [1.29, 1.82) is 0 Å². The Bertz CT molecular complexity index is 783. The van der Waals surface area contributed by atoms with Crippen LogP contribution in [0.5, 0.6) is 11.5 Å². The van der Waals surface area contributed by atoms with Crippen molar-refractivity contribution < 1.29 is 22.6 Å². The lowest BCUT2D eigenvalue weighted by Gasteiger charge is -2.10. The number of nitrogens with one attached hydrogen (secondary N) is 1. The van der Waals surface area contributed by atoms with Crippen molar-refractivity contribution in [2.75, 3.05) is 13.7 Å². The molecule has 1 aromatic heterocycles. The molecular weight excluding hydrogens is 345 g/mol. The number of halogens is 3. The number of rotatable bonds is 6. The maximum Gasteiger partial charge on any atom is 0.453 e. The van der Waals surface area contributed by atoms with Crippen molar-refractivity contribution in [1.82, 2.24) is 14.9 Å². The minimum Gasteiger partial charge on any atom is -0.493 e. The summed E-state index contributed by atoms with van der Waals surface area (Å²) in [7, 11) is 1.48. The van der Waals surface area contributed by atoms with E-state index in [4.69, 9.17) is 21.7 Å². The van der Waals surface area contributed by atoms with Gasteiger partial charge in [0.05, 0.1) is 19.9 Å². The molecule has 0 aliphatic carbocycles. The van der Waals surface area contributed by atoms with Gasteiger partial charge in [0.2, 0.25) is 4.77 Å². The average molecular weight is 360 g/mol. The topological polar surface area (TPSA) is 64.4 Å². The molecule has 0 atom stereocenters. The van der Waals surface area contributed by atoms with Crippen molar-refractivity contribution in [2.24, 2.45) is 5.10 Å². The number of hydrogen-bond donors (Lipinski definition) is 1. The van der Waals surface area contributed by atoms with Gasteiger partial charge in [-0.1, -0.05) is 6.92 Å². The number of methoxy groups -OCH3 is 1. The maximum absolute atomic E-state index is 12.8. The molecule has 130 valence electrons. The van der Waals surface area contributed by atoms with Crippen LogP contribution in [-0.4, -0.2) is 34.8 Å². The van der Waals surface area contributed by atoms with Gasteiger partial charge in [0.25, 0.3) is 5.82 Å². The Labute approximate surface area is 140 Å². The smallest absolute Gasteiger partial charge is 0.453 e. The number of hydrogen-bond acceptors (Lipinski definition) is 5. The molecule has 2 aromatic rings. The highest BCUT2D eigenvalue weighted by Crippen LogP contribution is 2.29. The van der Waals surface area contributed by atoms with Crippen LogP contribution in [0.4, 0.5) is 13.2 Å². The molecule has 0 saturated heterocycles. The highest BCUT2D eigenvalue weighted by molar-refractivity contribution is 7.71. The van der Waals surface area contributed by atoms with Crippen LogP contribution in [0.25, 0.3) is 0 Å². The molecule has 0 fully saturated rings. The Morgan fingerprint density at radius 1 is 1.38 bits per heavy atom. The number of alkyl halides is 3. The minimum absolute atomic E-state index is 0.256. The number of aromatic amines is 1. The summed E-state index contributed by atoms with van der Waals surface area (Å²) in [6, 6.07) is 4.91. The predicted octanol–water partition coefficient (Wildman–Crippen LogP) is 3.64. The van der Waals surface area contributed by atoms with E-state index in [9.17, 15) is 13.2 Å². The van der Waals surface area contributed by atoms with E-state index in [0.717, 1.165) is 6.42 Å². The Hall–Kier alpha value is -2.36. The van der Waals surface area contributed by atoms with Crippen molar-refractivity contribution in [3.63, 3.8) is 0 Å². The quantitative estimate of drug-likeness (QED) is 0.631. The third kappa shape index (κ3) is 4.13. The lowest BCUT2D eigenvalue weighted by Crippen LogP contribution is -2.12. The maximum atomic E-state index is 12.8.